The minimum atomic E-state index is -1.62. The van der Waals surface area contributed by atoms with E-state index in [9.17, 15) is 19.5 Å². The molecule has 9 heteroatoms. The summed E-state index contributed by atoms with van der Waals surface area (Å²) in [5.41, 5.74) is 0. The number of carboxylic acid groups (broad SMARTS) is 1. The number of nitrogens with zero attached hydrogens (tertiary/aromatic N) is 1. The molecule has 0 rings (SSSR count). The number of hydrogen-bond donors (Lipinski definition) is 0. The third-order valence-electron chi connectivity index (χ3n) is 18.2. The number of carbonyl (C=O) groups is 3. The van der Waals surface area contributed by atoms with Crippen LogP contribution in [0.15, 0.2) is 122 Å². The highest BCUT2D eigenvalue weighted by atomic mass is 16.7. The van der Waals surface area contributed by atoms with Crippen LogP contribution in [0, 0.1) is 0 Å². The van der Waals surface area contributed by atoms with Crippen LogP contribution in [0.1, 0.15) is 373 Å². The first kappa shape index (κ1) is 94.7. The number of aliphatic carboxylic acids is 1. The molecule has 0 aliphatic heterocycles. The molecule has 0 heterocycles. The van der Waals surface area contributed by atoms with Gasteiger partial charge < -0.3 is 33.3 Å². The van der Waals surface area contributed by atoms with Crippen LogP contribution in [-0.2, 0) is 33.3 Å². The molecule has 9 nitrogen and oxygen atoms in total. The minimum Gasteiger partial charge on any atom is -0.545 e. The smallest absolute Gasteiger partial charge is 0.306 e. The van der Waals surface area contributed by atoms with Crippen molar-refractivity contribution >= 4 is 17.9 Å². The summed E-state index contributed by atoms with van der Waals surface area (Å²) < 4.78 is 22.9. The van der Waals surface area contributed by atoms with E-state index < -0.39 is 24.3 Å². The van der Waals surface area contributed by atoms with Gasteiger partial charge in [0.2, 0.25) is 0 Å². The molecule has 0 aliphatic carbocycles. The number of likely N-dealkylation sites (N-methyl/N-ethyl adjacent to an activating group) is 1. The van der Waals surface area contributed by atoms with Crippen molar-refractivity contribution in [2.75, 3.05) is 47.5 Å². The van der Waals surface area contributed by atoms with Gasteiger partial charge in [-0.15, -0.1) is 0 Å². The molecule has 2 unspecified atom stereocenters. The number of carbonyl (C=O) groups excluding carboxylic acids is 3. The van der Waals surface area contributed by atoms with Crippen molar-refractivity contribution < 1.29 is 42.9 Å². The maximum atomic E-state index is 13.0. The fourth-order valence-corrected chi connectivity index (χ4v) is 11.9. The zero-order valence-corrected chi connectivity index (χ0v) is 65.3. The highest BCUT2D eigenvalue weighted by Crippen LogP contribution is 2.19. The second kappa shape index (κ2) is 79.4. The van der Waals surface area contributed by atoms with Gasteiger partial charge >= 0.3 is 11.9 Å². The number of allylic oxidation sites excluding steroid dienone is 20. The van der Waals surface area contributed by atoms with Crippen molar-refractivity contribution in [1.82, 2.24) is 0 Å². The maximum absolute atomic E-state index is 13.0. The first-order valence-electron chi connectivity index (χ1n) is 41.7. The molecule has 0 bridgehead atoms. The number of quaternary nitrogens is 1. The molecule has 570 valence electrons. The topological polar surface area (TPSA) is 111 Å². The Morgan fingerprint density at radius 3 is 0.808 bits per heavy atom. The second-order valence-electron chi connectivity index (χ2n) is 29.0. The van der Waals surface area contributed by atoms with E-state index in [0.717, 1.165) is 96.3 Å². The van der Waals surface area contributed by atoms with E-state index in [1.54, 1.807) is 0 Å². The Morgan fingerprint density at radius 2 is 0.545 bits per heavy atom. The summed E-state index contributed by atoms with van der Waals surface area (Å²) >= 11 is 0. The quantitative estimate of drug-likeness (QED) is 0.0195. The molecular formula is C90H157NO8. The third kappa shape index (κ3) is 80.9. The fourth-order valence-electron chi connectivity index (χ4n) is 11.9. The summed E-state index contributed by atoms with van der Waals surface area (Å²) in [6.45, 7) is 4.57. The monoisotopic (exact) mass is 1380 g/mol. The lowest BCUT2D eigenvalue weighted by Crippen LogP contribution is -2.44. The van der Waals surface area contributed by atoms with Crippen molar-refractivity contribution in [1.29, 1.82) is 0 Å². The predicted octanol–water partition coefficient (Wildman–Crippen LogP) is 25.7. The van der Waals surface area contributed by atoms with E-state index in [1.165, 1.54) is 244 Å². The lowest BCUT2D eigenvalue weighted by atomic mass is 10.0. The van der Waals surface area contributed by atoms with Crippen molar-refractivity contribution in [3.8, 4) is 0 Å². The Kier molecular flexibility index (Phi) is 75.9. The molecule has 0 N–H and O–H groups in total. The lowest BCUT2D eigenvalue weighted by Gasteiger charge is -2.26. The van der Waals surface area contributed by atoms with Gasteiger partial charge in [-0.1, -0.05) is 379 Å². The molecule has 0 amide bonds. The van der Waals surface area contributed by atoms with Gasteiger partial charge in [0.25, 0.3) is 0 Å². The number of unbranched alkanes of at least 4 members (excludes halogenated alkanes) is 42. The normalized spacial score (nSPS) is 13.3. The standard InChI is InChI=1S/C90H157NO8/c1-6-8-10-12-14-16-18-20-22-24-26-28-30-32-34-36-38-40-42-44-46-48-50-52-54-56-58-60-62-64-66-68-70-72-74-76-78-80-87(92)97-84-86(85-98-90(89(94)95)96-83-82-91(3,4)5)99-88(93)81-79-77-75-73-71-69-67-65-63-61-59-57-55-53-51-49-47-45-43-41-39-37-35-33-31-29-27-25-23-21-19-17-15-13-11-9-7-2/h8-11,14-17,20-23,26-29,33,35,39,41,86,90H,6-7,12-13,18-19,24-25,30-32,34,36-38,40,42-85H2,1-5H3/b10-8-,11-9-,16-14-,17-15-,22-20-,23-21-,28-26-,29-27-,35-33-,41-39-. The van der Waals surface area contributed by atoms with Crippen LogP contribution in [-0.4, -0.2) is 82.3 Å². The Hall–Kier alpha value is -4.31. The van der Waals surface area contributed by atoms with Crippen LogP contribution in [0.5, 0.6) is 0 Å². The van der Waals surface area contributed by atoms with E-state index in [0.29, 0.717) is 23.9 Å². The van der Waals surface area contributed by atoms with Gasteiger partial charge in [0.15, 0.2) is 12.4 Å². The highest BCUT2D eigenvalue weighted by Gasteiger charge is 2.22. The molecular weight excluding hydrogens is 1220 g/mol. The molecule has 0 aliphatic rings. The number of ether oxygens (including phenoxy) is 4. The fraction of sp³-hybridized carbons (Fsp3) is 0.744. The summed E-state index contributed by atoms with van der Waals surface area (Å²) in [5.74, 6) is -2.26. The average molecular weight is 1380 g/mol. The van der Waals surface area contributed by atoms with Crippen LogP contribution in [0.25, 0.3) is 0 Å². The zero-order chi connectivity index (χ0) is 71.8. The van der Waals surface area contributed by atoms with Gasteiger partial charge in [0.1, 0.15) is 13.2 Å². The minimum absolute atomic E-state index is 0.147. The van der Waals surface area contributed by atoms with Gasteiger partial charge in [0.05, 0.1) is 40.3 Å². The summed E-state index contributed by atoms with van der Waals surface area (Å²) in [4.78, 5) is 37.7. The molecule has 0 saturated carbocycles. The van der Waals surface area contributed by atoms with Gasteiger partial charge in [0, 0.05) is 12.8 Å². The van der Waals surface area contributed by atoms with Crippen molar-refractivity contribution in [3.05, 3.63) is 122 Å². The van der Waals surface area contributed by atoms with E-state index in [1.807, 2.05) is 21.1 Å². The summed E-state index contributed by atoms with van der Waals surface area (Å²) in [7, 11) is 5.95. The lowest BCUT2D eigenvalue weighted by molar-refractivity contribution is -0.870. The van der Waals surface area contributed by atoms with Gasteiger partial charge in [-0.05, 0) is 103 Å². The van der Waals surface area contributed by atoms with Crippen LogP contribution >= 0.6 is 0 Å². The van der Waals surface area contributed by atoms with Crippen LogP contribution in [0.4, 0.5) is 0 Å². The summed E-state index contributed by atoms with van der Waals surface area (Å²) in [6.07, 6.45) is 110. The van der Waals surface area contributed by atoms with E-state index in [2.05, 4.69) is 135 Å². The largest absolute Gasteiger partial charge is 0.545 e. The predicted molar refractivity (Wildman–Crippen MR) is 426 cm³/mol. The highest BCUT2D eigenvalue weighted by molar-refractivity contribution is 5.70. The van der Waals surface area contributed by atoms with Crippen molar-refractivity contribution in [2.45, 2.75) is 386 Å². The molecule has 0 spiro atoms. The number of esters is 2. The van der Waals surface area contributed by atoms with Crippen molar-refractivity contribution in [3.63, 3.8) is 0 Å². The number of carboxylic acids is 1. The molecule has 0 radical (unpaired) electrons. The van der Waals surface area contributed by atoms with Crippen molar-refractivity contribution in [2.24, 2.45) is 0 Å². The first-order chi connectivity index (χ1) is 48.6. The molecule has 0 aromatic carbocycles. The third-order valence-corrected chi connectivity index (χ3v) is 18.2. The molecule has 99 heavy (non-hydrogen) atoms. The van der Waals surface area contributed by atoms with Gasteiger partial charge in [-0.25, -0.2) is 0 Å². The van der Waals surface area contributed by atoms with Gasteiger partial charge in [-0.2, -0.15) is 0 Å². The second-order valence-corrected chi connectivity index (χ2v) is 29.0. The average Bonchev–Trinajstić information content (AvgIpc) is 2.19. The van der Waals surface area contributed by atoms with Gasteiger partial charge in [-0.3, -0.25) is 9.59 Å². The Bertz CT molecular complexity index is 2050. The molecule has 0 saturated heterocycles. The summed E-state index contributed by atoms with van der Waals surface area (Å²) in [5, 5.41) is 11.9. The first-order valence-corrected chi connectivity index (χ1v) is 41.7. The summed E-state index contributed by atoms with van der Waals surface area (Å²) in [6, 6.07) is 0. The molecule has 2 atom stereocenters. The van der Waals surface area contributed by atoms with Crippen LogP contribution < -0.4 is 5.11 Å². The molecule has 0 aromatic rings. The Labute approximate surface area is 612 Å². The van der Waals surface area contributed by atoms with Crippen LogP contribution in [0.2, 0.25) is 0 Å². The van der Waals surface area contributed by atoms with E-state index in [4.69, 9.17) is 18.9 Å². The van der Waals surface area contributed by atoms with Crippen LogP contribution in [0.3, 0.4) is 0 Å². The number of rotatable bonds is 77. The molecule has 0 fully saturated rings. The SMILES string of the molecule is CC/C=C\C/C=C\C/C=C\C/C=C\C/C=C\C/C=C\CCCCCCCCCCCCCCCCCCCCC(=O)OC(COC(=O)CCCCCCCCCCCCCCCCCCCCCCCCCC/C=C\C/C=C\C/C=C\C/C=C\CC)COC(OCC[N+](C)(C)C)C(=O)[O-]. The maximum Gasteiger partial charge on any atom is 0.306 e. The van der Waals surface area contributed by atoms with E-state index in [-0.39, 0.29) is 32.2 Å². The zero-order valence-electron chi connectivity index (χ0n) is 65.3. The molecule has 0 aromatic heterocycles. The van der Waals surface area contributed by atoms with E-state index >= 15 is 0 Å². The Balaban J connectivity index is 3.97. The Morgan fingerprint density at radius 1 is 0.303 bits per heavy atom. The number of hydrogen-bond acceptors (Lipinski definition) is 8.